The van der Waals surface area contributed by atoms with Crippen molar-refractivity contribution < 1.29 is 25.2 Å². The Kier molecular flexibility index (Phi) is 44.4. The highest BCUT2D eigenvalue weighted by atomic mass is 16.3. The second-order valence-corrected chi connectivity index (χ2v) is 17.5. The lowest BCUT2D eigenvalue weighted by atomic mass is 9.99. The lowest BCUT2D eigenvalue weighted by Gasteiger charge is -2.27. The van der Waals surface area contributed by atoms with Crippen LogP contribution >= 0.6 is 0 Å². The first-order valence-electron chi connectivity index (χ1n) is 25.1. The monoisotopic (exact) mass is 794 g/mol. The molecule has 6 heteroatoms. The van der Waals surface area contributed by atoms with Gasteiger partial charge in [0.15, 0.2) is 0 Å². The molecule has 0 aliphatic heterocycles. The van der Waals surface area contributed by atoms with Gasteiger partial charge in [-0.3, -0.25) is 4.79 Å². The molecule has 0 aromatic heterocycles. The summed E-state index contributed by atoms with van der Waals surface area (Å²) in [5.41, 5.74) is 0. The standard InChI is InChI=1S/C50H99NO5/c1-3-5-7-9-11-13-15-17-19-21-23-24-26-27-29-31-33-35-37-39-41-43-47(53)49(55)46(45-52)51-50(56)48(54)44-42-40-38-36-34-32-30-28-25-22-20-18-16-14-12-10-8-6-4-2/h25,28,46-49,52-55H,3-24,26-27,29-45H2,1-2H3,(H,51,56)/b28-25-. The third-order valence-electron chi connectivity index (χ3n) is 12.0. The van der Waals surface area contributed by atoms with Crippen LogP contribution in [0.25, 0.3) is 0 Å². The van der Waals surface area contributed by atoms with Gasteiger partial charge in [-0.15, -0.1) is 0 Å². The van der Waals surface area contributed by atoms with Crippen LogP contribution in [0.3, 0.4) is 0 Å². The fourth-order valence-electron chi connectivity index (χ4n) is 7.99. The van der Waals surface area contributed by atoms with Crippen molar-refractivity contribution in [1.82, 2.24) is 5.32 Å². The lowest BCUT2D eigenvalue weighted by molar-refractivity contribution is -0.132. The normalized spacial score (nSPS) is 14.0. The highest BCUT2D eigenvalue weighted by Gasteiger charge is 2.28. The fourth-order valence-corrected chi connectivity index (χ4v) is 7.99. The highest BCUT2D eigenvalue weighted by molar-refractivity contribution is 5.80. The number of carbonyl (C=O) groups is 1. The van der Waals surface area contributed by atoms with Gasteiger partial charge >= 0.3 is 0 Å². The summed E-state index contributed by atoms with van der Waals surface area (Å²) in [6.45, 7) is 4.08. The zero-order chi connectivity index (χ0) is 41.0. The van der Waals surface area contributed by atoms with Crippen LogP contribution in [0.2, 0.25) is 0 Å². The van der Waals surface area contributed by atoms with Gasteiger partial charge in [-0.1, -0.05) is 244 Å². The van der Waals surface area contributed by atoms with Gasteiger partial charge in [0, 0.05) is 0 Å². The van der Waals surface area contributed by atoms with Gasteiger partial charge in [0.25, 0.3) is 0 Å². The van der Waals surface area contributed by atoms with Crippen molar-refractivity contribution in [3.8, 4) is 0 Å². The van der Waals surface area contributed by atoms with Crippen molar-refractivity contribution in [2.45, 2.75) is 295 Å². The Morgan fingerprint density at radius 1 is 0.429 bits per heavy atom. The maximum absolute atomic E-state index is 12.5. The van der Waals surface area contributed by atoms with Crippen LogP contribution in [0.1, 0.15) is 271 Å². The first-order chi connectivity index (χ1) is 27.5. The molecular weight excluding hydrogens is 695 g/mol. The Labute approximate surface area is 349 Å². The Bertz CT molecular complexity index is 806. The summed E-state index contributed by atoms with van der Waals surface area (Å²) < 4.78 is 0. The van der Waals surface area contributed by atoms with E-state index in [9.17, 15) is 25.2 Å². The second kappa shape index (κ2) is 45.1. The molecule has 4 unspecified atom stereocenters. The van der Waals surface area contributed by atoms with Crippen LogP contribution in [0, 0.1) is 0 Å². The van der Waals surface area contributed by atoms with Crippen molar-refractivity contribution in [3.05, 3.63) is 12.2 Å². The molecule has 0 aromatic carbocycles. The molecule has 0 spiro atoms. The maximum atomic E-state index is 12.5. The molecule has 1 amide bonds. The van der Waals surface area contributed by atoms with Gasteiger partial charge in [0.05, 0.1) is 18.8 Å². The van der Waals surface area contributed by atoms with Crippen LogP contribution < -0.4 is 5.32 Å². The topological polar surface area (TPSA) is 110 Å². The summed E-state index contributed by atoms with van der Waals surface area (Å²) in [4.78, 5) is 12.5. The van der Waals surface area contributed by atoms with Gasteiger partial charge in [-0.05, 0) is 38.5 Å². The van der Waals surface area contributed by atoms with E-state index in [-0.39, 0.29) is 0 Å². The smallest absolute Gasteiger partial charge is 0.249 e. The highest BCUT2D eigenvalue weighted by Crippen LogP contribution is 2.17. The summed E-state index contributed by atoms with van der Waals surface area (Å²) in [6.07, 6.45) is 51.1. The number of hydrogen-bond acceptors (Lipinski definition) is 5. The lowest BCUT2D eigenvalue weighted by Crippen LogP contribution is -2.53. The van der Waals surface area contributed by atoms with Crippen molar-refractivity contribution in [3.63, 3.8) is 0 Å². The molecule has 0 aliphatic carbocycles. The average molecular weight is 794 g/mol. The molecule has 56 heavy (non-hydrogen) atoms. The maximum Gasteiger partial charge on any atom is 0.249 e. The van der Waals surface area contributed by atoms with E-state index >= 15 is 0 Å². The third kappa shape index (κ3) is 38.6. The van der Waals surface area contributed by atoms with Crippen LogP contribution in [-0.2, 0) is 4.79 Å². The summed E-state index contributed by atoms with van der Waals surface area (Å²) in [5.74, 6) is -0.585. The zero-order valence-corrected chi connectivity index (χ0v) is 37.7. The molecule has 334 valence electrons. The molecule has 5 N–H and O–H groups in total. The Hall–Kier alpha value is -0.950. The van der Waals surface area contributed by atoms with Gasteiger partial charge < -0.3 is 25.7 Å². The number of amides is 1. The number of carbonyl (C=O) groups excluding carboxylic acids is 1. The molecular formula is C50H99NO5. The molecule has 0 fully saturated rings. The molecule has 0 rings (SSSR count). The molecule has 0 aromatic rings. The summed E-state index contributed by atoms with van der Waals surface area (Å²) in [6, 6.07) is -0.985. The van der Waals surface area contributed by atoms with Crippen molar-refractivity contribution in [2.75, 3.05) is 6.61 Å². The summed E-state index contributed by atoms with van der Waals surface area (Å²) >= 11 is 0. The molecule has 0 saturated carbocycles. The van der Waals surface area contributed by atoms with Crippen molar-refractivity contribution >= 4 is 5.91 Å². The third-order valence-corrected chi connectivity index (χ3v) is 12.0. The molecule has 6 nitrogen and oxygen atoms in total. The predicted octanol–water partition coefficient (Wildman–Crippen LogP) is 13.7. The minimum Gasteiger partial charge on any atom is -0.394 e. The van der Waals surface area contributed by atoms with E-state index in [0.29, 0.717) is 12.8 Å². The van der Waals surface area contributed by atoms with Gasteiger partial charge in [0.1, 0.15) is 12.2 Å². The predicted molar refractivity (Wildman–Crippen MR) is 242 cm³/mol. The number of hydrogen-bond donors (Lipinski definition) is 5. The van der Waals surface area contributed by atoms with Crippen molar-refractivity contribution in [1.29, 1.82) is 0 Å². The number of aliphatic hydroxyl groups is 4. The number of unbranched alkanes of at least 4 members (excludes halogenated alkanes) is 35. The molecule has 4 atom stereocenters. The van der Waals surface area contributed by atoms with Crippen LogP contribution in [0.4, 0.5) is 0 Å². The number of nitrogens with one attached hydrogen (secondary N) is 1. The van der Waals surface area contributed by atoms with Gasteiger partial charge in [0.2, 0.25) is 5.91 Å². The molecule has 0 radical (unpaired) electrons. The number of allylic oxidation sites excluding steroid dienone is 2. The Morgan fingerprint density at radius 3 is 1.04 bits per heavy atom. The van der Waals surface area contributed by atoms with E-state index in [1.165, 1.54) is 199 Å². The Morgan fingerprint density at radius 2 is 0.714 bits per heavy atom. The Balaban J connectivity index is 3.67. The zero-order valence-electron chi connectivity index (χ0n) is 37.7. The van der Waals surface area contributed by atoms with E-state index in [1.807, 2.05) is 0 Å². The van der Waals surface area contributed by atoms with E-state index in [2.05, 4.69) is 31.3 Å². The fraction of sp³-hybridized carbons (Fsp3) is 0.940. The second-order valence-electron chi connectivity index (χ2n) is 17.5. The van der Waals surface area contributed by atoms with Crippen molar-refractivity contribution in [2.24, 2.45) is 0 Å². The first kappa shape index (κ1) is 55.0. The molecule has 0 saturated heterocycles. The molecule has 0 heterocycles. The van der Waals surface area contributed by atoms with Gasteiger partial charge in [-0.25, -0.2) is 0 Å². The van der Waals surface area contributed by atoms with Gasteiger partial charge in [-0.2, -0.15) is 0 Å². The van der Waals surface area contributed by atoms with E-state index in [1.54, 1.807) is 0 Å². The number of rotatable bonds is 46. The quantitative estimate of drug-likeness (QED) is 0.0311. The van der Waals surface area contributed by atoms with E-state index in [4.69, 9.17) is 0 Å². The van der Waals surface area contributed by atoms with Crippen LogP contribution in [0.5, 0.6) is 0 Å². The van der Waals surface area contributed by atoms with Crippen LogP contribution in [0.15, 0.2) is 12.2 Å². The molecule has 0 aliphatic rings. The summed E-state index contributed by atoms with van der Waals surface area (Å²) in [7, 11) is 0. The largest absolute Gasteiger partial charge is 0.394 e. The minimum atomic E-state index is -1.26. The number of aliphatic hydroxyl groups excluding tert-OH is 4. The minimum absolute atomic E-state index is 0.365. The summed E-state index contributed by atoms with van der Waals surface area (Å²) in [5, 5.41) is 43.9. The van der Waals surface area contributed by atoms with E-state index < -0.39 is 36.9 Å². The average Bonchev–Trinajstić information content (AvgIpc) is 3.20. The van der Waals surface area contributed by atoms with E-state index in [0.717, 1.165) is 44.9 Å². The SMILES string of the molecule is CCCCCCCCCCC/C=C\CCCCCCCCC(O)C(=O)NC(CO)C(O)C(O)CCCCCCCCCCCCCCCCCCCCCCC. The molecule has 0 bridgehead atoms. The van der Waals surface area contributed by atoms with Crippen LogP contribution in [-0.4, -0.2) is 57.3 Å². The first-order valence-corrected chi connectivity index (χ1v) is 25.1.